The van der Waals surface area contributed by atoms with Crippen molar-refractivity contribution >= 4 is 30.5 Å². The Kier molecular flexibility index (Phi) is 10.1. The lowest BCUT2D eigenvalue weighted by Gasteiger charge is -2.12. The third kappa shape index (κ3) is 7.81. The number of anilines is 1. The average Bonchev–Trinajstić information content (AvgIpc) is 3.33. The van der Waals surface area contributed by atoms with Crippen LogP contribution >= 0.6 is 7.82 Å². The van der Waals surface area contributed by atoms with Crippen LogP contribution in [0.15, 0.2) is 67.1 Å². The number of benzene rings is 1. The highest BCUT2D eigenvalue weighted by Gasteiger charge is 2.22. The number of rotatable bonds is 13. The molecule has 4 aromatic rings. The van der Waals surface area contributed by atoms with Gasteiger partial charge in [-0.2, -0.15) is 0 Å². The van der Waals surface area contributed by atoms with E-state index in [1.54, 1.807) is 55.4 Å². The van der Waals surface area contributed by atoms with Crippen LogP contribution in [0.1, 0.15) is 6.92 Å². The summed E-state index contributed by atoms with van der Waals surface area (Å²) in [5, 5.41) is 3.63. The number of phosphoric ester groups is 1. The largest absolute Gasteiger partial charge is 0.497 e. The fourth-order valence-electron chi connectivity index (χ4n) is 4.19. The molecule has 12 nitrogen and oxygen atoms in total. The number of carbonyl (C=O) groups excluding carboxylic acids is 1. The van der Waals surface area contributed by atoms with E-state index in [2.05, 4.69) is 15.3 Å². The van der Waals surface area contributed by atoms with Crippen LogP contribution in [0.4, 0.5) is 5.69 Å². The number of aromatic nitrogens is 3. The summed E-state index contributed by atoms with van der Waals surface area (Å²) in [6, 6.07) is 11.0. The van der Waals surface area contributed by atoms with Crippen LogP contribution in [0.2, 0.25) is 0 Å². The van der Waals surface area contributed by atoms with Gasteiger partial charge in [0.2, 0.25) is 11.8 Å². The van der Waals surface area contributed by atoms with Gasteiger partial charge in [-0.1, -0.05) is 6.08 Å². The summed E-state index contributed by atoms with van der Waals surface area (Å²) in [5.74, 6) is 0.724. The van der Waals surface area contributed by atoms with E-state index in [-0.39, 0.29) is 19.2 Å². The molecule has 0 aliphatic heterocycles. The molecule has 0 aliphatic carbocycles. The van der Waals surface area contributed by atoms with E-state index in [9.17, 15) is 14.3 Å². The fraction of sp³-hybridized carbons (Fsp3) is 0.276. The Morgan fingerprint density at radius 3 is 2.60 bits per heavy atom. The lowest BCUT2D eigenvalue weighted by Crippen LogP contribution is -2.13. The summed E-state index contributed by atoms with van der Waals surface area (Å²) in [5.41, 5.74) is 4.16. The van der Waals surface area contributed by atoms with Crippen LogP contribution in [0.3, 0.4) is 0 Å². The van der Waals surface area contributed by atoms with Crippen molar-refractivity contribution < 1.29 is 32.8 Å². The molecule has 2 N–H and O–H groups in total. The Labute approximate surface area is 244 Å². The summed E-state index contributed by atoms with van der Waals surface area (Å²) < 4.78 is 34.7. The monoisotopic (exact) mass is 595 g/mol. The Morgan fingerprint density at radius 1 is 1.07 bits per heavy atom. The van der Waals surface area contributed by atoms with Gasteiger partial charge in [0.05, 0.1) is 20.8 Å². The van der Waals surface area contributed by atoms with E-state index >= 15 is 0 Å². The van der Waals surface area contributed by atoms with Crippen LogP contribution in [-0.4, -0.2) is 71.7 Å². The molecule has 0 saturated carbocycles. The zero-order valence-electron chi connectivity index (χ0n) is 24.1. The molecule has 3 aromatic heterocycles. The number of nitrogens with zero attached hydrogens (tertiary/aromatic N) is 4. The molecule has 1 amide bonds. The zero-order valence-corrected chi connectivity index (χ0v) is 25.0. The van der Waals surface area contributed by atoms with E-state index in [1.165, 1.54) is 13.2 Å². The molecule has 0 bridgehead atoms. The summed E-state index contributed by atoms with van der Waals surface area (Å²) >= 11 is 0. The molecule has 4 rings (SSSR count). The lowest BCUT2D eigenvalue weighted by molar-refractivity contribution is -0.111. The van der Waals surface area contributed by atoms with Gasteiger partial charge in [0.15, 0.2) is 0 Å². The highest BCUT2D eigenvalue weighted by Crippen LogP contribution is 2.44. The zero-order chi connectivity index (χ0) is 30.3. The van der Waals surface area contributed by atoms with E-state index in [0.29, 0.717) is 29.5 Å². The van der Waals surface area contributed by atoms with Crippen molar-refractivity contribution in [3.05, 3.63) is 67.1 Å². The number of fused-ring (bicyclic) bond motifs is 1. The molecule has 0 spiro atoms. The summed E-state index contributed by atoms with van der Waals surface area (Å²) in [4.78, 5) is 33.3. The van der Waals surface area contributed by atoms with Crippen molar-refractivity contribution in [1.29, 1.82) is 0 Å². The Balaban J connectivity index is 1.76. The first-order valence-electron chi connectivity index (χ1n) is 13.0. The van der Waals surface area contributed by atoms with Crippen LogP contribution in [0.5, 0.6) is 11.6 Å². The van der Waals surface area contributed by atoms with Crippen LogP contribution < -0.4 is 14.8 Å². The number of nitrogens with one attached hydrogen (secondary N) is 1. The maximum absolute atomic E-state index is 12.5. The van der Waals surface area contributed by atoms with E-state index in [1.807, 2.05) is 43.3 Å². The molecule has 1 aromatic carbocycles. The minimum absolute atomic E-state index is 0.0270. The fourth-order valence-corrected chi connectivity index (χ4v) is 4.86. The smallest absolute Gasteiger partial charge is 0.473 e. The Hall–Kier alpha value is -4.06. The standard InChI is InChI=1S/C29H34N5O7P/c1-6-40-42(36,37)41-19-34-18-26(20-9-10-30-28(15-20)39-5)25-14-22(17-31-29(25)34)21-12-23(16-24(13-21)38-4)32-27(35)8-7-11-33(2)3/h7-10,12-18H,6,11,19H2,1-5H3,(H,32,35)(H,36,37)/b8-7+. The Morgan fingerprint density at radius 2 is 1.88 bits per heavy atom. The molecule has 222 valence electrons. The van der Waals surface area contributed by atoms with Crippen molar-refractivity contribution in [2.45, 2.75) is 13.7 Å². The van der Waals surface area contributed by atoms with Gasteiger partial charge >= 0.3 is 7.82 Å². The number of methoxy groups -OCH3 is 2. The van der Waals surface area contributed by atoms with Gasteiger partial charge in [-0.15, -0.1) is 0 Å². The molecule has 1 unspecified atom stereocenters. The quantitative estimate of drug-likeness (QED) is 0.161. The number of phosphoric acid groups is 1. The van der Waals surface area contributed by atoms with Crippen molar-refractivity contribution in [3.63, 3.8) is 0 Å². The number of ether oxygens (including phenoxy) is 2. The van der Waals surface area contributed by atoms with Crippen molar-refractivity contribution in [1.82, 2.24) is 19.4 Å². The molecular formula is C29H34N5O7P. The van der Waals surface area contributed by atoms with Gasteiger partial charge in [0, 0.05) is 65.5 Å². The number of hydrogen-bond donors (Lipinski definition) is 2. The molecular weight excluding hydrogens is 561 g/mol. The van der Waals surface area contributed by atoms with E-state index in [4.69, 9.17) is 18.5 Å². The second-order valence-electron chi connectivity index (χ2n) is 9.44. The summed E-state index contributed by atoms with van der Waals surface area (Å²) in [6.45, 7) is 2.00. The van der Waals surface area contributed by atoms with Crippen molar-refractivity contribution in [3.8, 4) is 33.9 Å². The number of carbonyl (C=O) groups is 1. The molecule has 13 heteroatoms. The average molecular weight is 596 g/mol. The molecule has 3 heterocycles. The van der Waals surface area contributed by atoms with E-state index in [0.717, 1.165) is 27.6 Å². The predicted molar refractivity (Wildman–Crippen MR) is 160 cm³/mol. The van der Waals surface area contributed by atoms with Crippen LogP contribution in [0, 0.1) is 0 Å². The highest BCUT2D eigenvalue weighted by atomic mass is 31.2. The number of pyridine rings is 2. The molecule has 1 atom stereocenters. The number of hydrogen-bond acceptors (Lipinski definition) is 9. The lowest BCUT2D eigenvalue weighted by atomic mass is 10.0. The summed E-state index contributed by atoms with van der Waals surface area (Å²) in [7, 11) is 2.69. The van der Waals surface area contributed by atoms with Crippen molar-refractivity contribution in [2.75, 3.05) is 46.8 Å². The maximum Gasteiger partial charge on any atom is 0.473 e. The van der Waals surface area contributed by atoms with Crippen molar-refractivity contribution in [2.24, 2.45) is 0 Å². The molecule has 0 aliphatic rings. The van der Waals surface area contributed by atoms with E-state index < -0.39 is 7.82 Å². The van der Waals surface area contributed by atoms with Gasteiger partial charge in [-0.05, 0) is 56.4 Å². The predicted octanol–water partition coefficient (Wildman–Crippen LogP) is 4.95. The second kappa shape index (κ2) is 13.7. The first kappa shape index (κ1) is 30.9. The minimum Gasteiger partial charge on any atom is -0.497 e. The minimum atomic E-state index is -4.24. The first-order chi connectivity index (χ1) is 20.1. The van der Waals surface area contributed by atoms with Gasteiger partial charge in [0.25, 0.3) is 0 Å². The number of likely N-dealkylation sites (N-methyl/N-ethyl adjacent to an activating group) is 1. The molecule has 42 heavy (non-hydrogen) atoms. The Bertz CT molecular complexity index is 1640. The third-order valence-electron chi connectivity index (χ3n) is 6.10. The summed E-state index contributed by atoms with van der Waals surface area (Å²) in [6.07, 6.45) is 8.35. The van der Waals surface area contributed by atoms with Gasteiger partial charge in [-0.3, -0.25) is 13.8 Å². The first-order valence-corrected chi connectivity index (χ1v) is 14.5. The topological polar surface area (TPSA) is 137 Å². The van der Waals surface area contributed by atoms with Gasteiger partial charge in [0.1, 0.15) is 18.1 Å². The number of amides is 1. The highest BCUT2D eigenvalue weighted by molar-refractivity contribution is 7.47. The third-order valence-corrected chi connectivity index (χ3v) is 7.13. The molecule has 0 radical (unpaired) electrons. The van der Waals surface area contributed by atoms with Crippen LogP contribution in [-0.2, 0) is 25.1 Å². The second-order valence-corrected chi connectivity index (χ2v) is 10.9. The molecule has 0 fully saturated rings. The maximum atomic E-state index is 12.5. The van der Waals surface area contributed by atoms with Gasteiger partial charge in [-0.25, -0.2) is 14.5 Å². The molecule has 0 saturated heterocycles. The normalized spacial score (nSPS) is 13.0. The SMILES string of the molecule is CCOP(=O)(O)OCn1cc(-c2ccnc(OC)c2)c2cc(-c3cc(NC(=O)/C=C/CN(C)C)cc(OC)c3)cnc21. The van der Waals surface area contributed by atoms with Gasteiger partial charge < -0.3 is 29.2 Å². The van der Waals surface area contributed by atoms with Crippen LogP contribution in [0.25, 0.3) is 33.3 Å².